The second-order valence-corrected chi connectivity index (χ2v) is 7.27. The lowest BCUT2D eigenvalue weighted by atomic mass is 9.66. The van der Waals surface area contributed by atoms with Gasteiger partial charge in [0, 0.05) is 13.2 Å². The zero-order valence-electron chi connectivity index (χ0n) is 12.7. The minimum Gasteiger partial charge on any atom is -0.396 e. The molecule has 0 amide bonds. The molecule has 0 saturated heterocycles. The number of halogens is 1. The van der Waals surface area contributed by atoms with Crippen LogP contribution in [0.1, 0.15) is 33.6 Å². The smallest absolute Gasteiger partial charge is 0.164 e. The number of hydrogen-bond acceptors (Lipinski definition) is 4. The average molecular weight is 309 g/mol. The molecule has 1 aliphatic carbocycles. The van der Waals surface area contributed by atoms with Crippen LogP contribution in [0.25, 0.3) is 11.2 Å². The Morgan fingerprint density at radius 2 is 2.10 bits per heavy atom. The van der Waals surface area contributed by atoms with E-state index in [1.54, 1.807) is 6.33 Å². The van der Waals surface area contributed by atoms with E-state index >= 15 is 0 Å². The fourth-order valence-corrected chi connectivity index (χ4v) is 3.79. The van der Waals surface area contributed by atoms with E-state index in [1.165, 1.54) is 6.33 Å². The lowest BCUT2D eigenvalue weighted by Crippen LogP contribution is -2.38. The summed E-state index contributed by atoms with van der Waals surface area (Å²) >= 11 is 6.06. The van der Waals surface area contributed by atoms with E-state index in [-0.39, 0.29) is 17.4 Å². The van der Waals surface area contributed by atoms with Crippen LogP contribution in [-0.4, -0.2) is 31.2 Å². The van der Waals surface area contributed by atoms with E-state index in [0.717, 1.165) is 25.0 Å². The summed E-state index contributed by atoms with van der Waals surface area (Å²) < 4.78 is 2.06. The van der Waals surface area contributed by atoms with Crippen molar-refractivity contribution in [3.63, 3.8) is 0 Å². The summed E-state index contributed by atoms with van der Waals surface area (Å²) in [7, 11) is 0. The molecule has 0 aromatic carbocycles. The third-order valence-corrected chi connectivity index (χ3v) is 5.99. The Labute approximate surface area is 129 Å². The highest BCUT2D eigenvalue weighted by atomic mass is 35.5. The topological polar surface area (TPSA) is 63.8 Å². The third kappa shape index (κ3) is 2.14. The van der Waals surface area contributed by atoms with Crippen molar-refractivity contribution in [1.29, 1.82) is 0 Å². The van der Waals surface area contributed by atoms with Gasteiger partial charge in [-0.25, -0.2) is 15.0 Å². The van der Waals surface area contributed by atoms with Crippen molar-refractivity contribution in [2.45, 2.75) is 40.2 Å². The fourth-order valence-electron chi connectivity index (χ4n) is 3.61. The molecule has 0 spiro atoms. The molecule has 0 bridgehead atoms. The number of hydrogen-bond donors (Lipinski definition) is 1. The molecular weight excluding hydrogens is 288 g/mol. The van der Waals surface area contributed by atoms with E-state index in [2.05, 4.69) is 40.3 Å². The van der Waals surface area contributed by atoms with Crippen molar-refractivity contribution in [2.75, 3.05) is 6.61 Å². The molecule has 6 heteroatoms. The monoisotopic (exact) mass is 308 g/mol. The van der Waals surface area contributed by atoms with Crippen LogP contribution in [0.5, 0.6) is 0 Å². The Hall–Kier alpha value is -1.20. The molecule has 1 saturated carbocycles. The molecule has 0 radical (unpaired) electrons. The maximum absolute atomic E-state index is 9.61. The first-order chi connectivity index (χ1) is 9.89. The van der Waals surface area contributed by atoms with Gasteiger partial charge in [0.15, 0.2) is 10.8 Å². The van der Waals surface area contributed by atoms with Crippen LogP contribution in [0, 0.1) is 16.7 Å². The maximum atomic E-state index is 9.61. The predicted molar refractivity (Wildman–Crippen MR) is 82.0 cm³/mol. The van der Waals surface area contributed by atoms with Crippen LogP contribution < -0.4 is 0 Å². The molecule has 21 heavy (non-hydrogen) atoms. The van der Waals surface area contributed by atoms with Gasteiger partial charge in [-0.05, 0) is 29.6 Å². The maximum Gasteiger partial charge on any atom is 0.164 e. The minimum atomic E-state index is 0.0647. The molecule has 5 nitrogen and oxygen atoms in total. The number of rotatable bonds is 3. The summed E-state index contributed by atoms with van der Waals surface area (Å²) in [6, 6.07) is 0. The molecule has 3 rings (SSSR count). The van der Waals surface area contributed by atoms with Crippen molar-refractivity contribution in [3.8, 4) is 0 Å². The van der Waals surface area contributed by atoms with Gasteiger partial charge in [0.05, 0.1) is 6.33 Å². The van der Waals surface area contributed by atoms with Crippen molar-refractivity contribution >= 4 is 22.8 Å². The molecule has 2 heterocycles. The zero-order valence-corrected chi connectivity index (χ0v) is 13.4. The van der Waals surface area contributed by atoms with Crippen LogP contribution >= 0.6 is 11.6 Å². The standard InChI is InChI=1S/C15H21ClN4O/c1-14(2)10(6-21)4-5-15(14,3)7-20-9-19-11-12(16)17-8-18-13(11)20/h8-10,21H,4-7H2,1-3H3/t10-,15+/m1/s1. The fraction of sp³-hybridized carbons (Fsp3) is 0.667. The molecule has 114 valence electrons. The van der Waals surface area contributed by atoms with Gasteiger partial charge >= 0.3 is 0 Å². The van der Waals surface area contributed by atoms with Crippen LogP contribution in [0.4, 0.5) is 0 Å². The second kappa shape index (κ2) is 4.92. The Bertz CT molecular complexity index is 669. The van der Waals surface area contributed by atoms with Crippen LogP contribution in [0.2, 0.25) is 5.15 Å². The highest BCUT2D eigenvalue weighted by molar-refractivity contribution is 6.33. The molecule has 1 aliphatic rings. The lowest BCUT2D eigenvalue weighted by Gasteiger charge is -2.41. The van der Waals surface area contributed by atoms with Gasteiger partial charge in [0.25, 0.3) is 0 Å². The summed E-state index contributed by atoms with van der Waals surface area (Å²) in [5.41, 5.74) is 1.58. The zero-order chi connectivity index (χ0) is 15.3. The van der Waals surface area contributed by atoms with Gasteiger partial charge in [-0.2, -0.15) is 0 Å². The van der Waals surface area contributed by atoms with E-state index < -0.39 is 0 Å². The van der Waals surface area contributed by atoms with E-state index in [4.69, 9.17) is 11.6 Å². The summed E-state index contributed by atoms with van der Waals surface area (Å²) in [6.07, 6.45) is 5.41. The van der Waals surface area contributed by atoms with E-state index in [9.17, 15) is 5.11 Å². The van der Waals surface area contributed by atoms with Gasteiger partial charge in [-0.15, -0.1) is 0 Å². The minimum absolute atomic E-state index is 0.0647. The Morgan fingerprint density at radius 1 is 1.33 bits per heavy atom. The Kier molecular flexibility index (Phi) is 3.45. The number of imidazole rings is 1. The van der Waals surface area contributed by atoms with Gasteiger partial charge in [0.2, 0.25) is 0 Å². The highest BCUT2D eigenvalue weighted by Gasteiger charge is 2.51. The normalized spacial score (nSPS) is 28.3. The summed E-state index contributed by atoms with van der Waals surface area (Å²) in [6.45, 7) is 7.86. The van der Waals surface area contributed by atoms with Gasteiger partial charge in [0.1, 0.15) is 11.8 Å². The molecule has 2 aromatic rings. The molecule has 2 aromatic heterocycles. The summed E-state index contributed by atoms with van der Waals surface area (Å²) in [5, 5.41) is 10.0. The van der Waals surface area contributed by atoms with Crippen LogP contribution in [0.3, 0.4) is 0 Å². The highest BCUT2D eigenvalue weighted by Crippen LogP contribution is 2.56. The predicted octanol–water partition coefficient (Wildman–Crippen LogP) is 2.91. The number of aliphatic hydroxyl groups is 1. The van der Waals surface area contributed by atoms with E-state index in [1.807, 2.05) is 0 Å². The molecule has 0 unspecified atom stereocenters. The lowest BCUT2D eigenvalue weighted by molar-refractivity contribution is 0.0435. The van der Waals surface area contributed by atoms with Crippen molar-refractivity contribution < 1.29 is 5.11 Å². The number of aliphatic hydroxyl groups excluding tert-OH is 1. The molecule has 1 N–H and O–H groups in total. The SMILES string of the molecule is CC1(C)[C@@H](CO)CC[C@@]1(C)Cn1cnc2c(Cl)ncnc21. The Balaban J connectivity index is 1.97. The van der Waals surface area contributed by atoms with Gasteiger partial charge in [-0.3, -0.25) is 0 Å². The first-order valence-corrected chi connectivity index (χ1v) is 7.69. The number of nitrogens with zero attached hydrogens (tertiary/aromatic N) is 4. The first kappa shape index (κ1) is 14.7. The summed E-state index contributed by atoms with van der Waals surface area (Å²) in [4.78, 5) is 12.6. The third-order valence-electron chi connectivity index (χ3n) is 5.72. The first-order valence-electron chi connectivity index (χ1n) is 7.31. The number of aromatic nitrogens is 4. The molecule has 1 fully saturated rings. The number of fused-ring (bicyclic) bond motifs is 1. The molecular formula is C15H21ClN4O. The largest absolute Gasteiger partial charge is 0.396 e. The average Bonchev–Trinajstić information content (AvgIpc) is 2.92. The van der Waals surface area contributed by atoms with Crippen LogP contribution in [-0.2, 0) is 6.54 Å². The van der Waals surface area contributed by atoms with Crippen molar-refractivity contribution in [3.05, 3.63) is 17.8 Å². The van der Waals surface area contributed by atoms with Crippen LogP contribution in [0.15, 0.2) is 12.7 Å². The quantitative estimate of drug-likeness (QED) is 0.886. The molecule has 0 aliphatic heterocycles. The Morgan fingerprint density at radius 3 is 2.76 bits per heavy atom. The van der Waals surface area contributed by atoms with Crippen molar-refractivity contribution in [2.24, 2.45) is 16.7 Å². The molecule has 2 atom stereocenters. The van der Waals surface area contributed by atoms with Gasteiger partial charge < -0.3 is 9.67 Å². The summed E-state index contributed by atoms with van der Waals surface area (Å²) in [5.74, 6) is 0.343. The van der Waals surface area contributed by atoms with Crippen molar-refractivity contribution in [1.82, 2.24) is 19.5 Å². The second-order valence-electron chi connectivity index (χ2n) is 6.91. The van der Waals surface area contributed by atoms with Gasteiger partial charge in [-0.1, -0.05) is 32.4 Å². The van der Waals surface area contributed by atoms with E-state index in [0.29, 0.717) is 16.6 Å².